The SMILES string of the molecule is CCn1c2ccccc2c2cc(NC(=O)C(C)Sc3nncn3-c3ccccc3)ccc21. The standard InChI is InChI=1S/C25H23N5OS/c1-3-29-22-12-8-7-11-20(22)21-15-18(13-14-23(21)29)27-24(31)17(2)32-25-28-26-16-30(25)19-9-5-4-6-10-19/h4-17H,3H2,1-2H3,(H,27,31). The summed E-state index contributed by atoms with van der Waals surface area (Å²) in [5.41, 5.74) is 4.13. The minimum absolute atomic E-state index is 0.0730. The van der Waals surface area contributed by atoms with Gasteiger partial charge in [0.05, 0.1) is 5.25 Å². The topological polar surface area (TPSA) is 64.7 Å². The summed E-state index contributed by atoms with van der Waals surface area (Å²) in [6, 6.07) is 24.3. The Hall–Kier alpha value is -3.58. The van der Waals surface area contributed by atoms with Crippen LogP contribution in [0.3, 0.4) is 0 Å². The van der Waals surface area contributed by atoms with Crippen molar-refractivity contribution >= 4 is 45.2 Å². The number of carbonyl (C=O) groups is 1. The number of rotatable bonds is 6. The Kier molecular flexibility index (Phi) is 5.41. The van der Waals surface area contributed by atoms with Crippen molar-refractivity contribution < 1.29 is 4.79 Å². The molecular formula is C25H23N5OS. The summed E-state index contributed by atoms with van der Waals surface area (Å²) >= 11 is 1.39. The van der Waals surface area contributed by atoms with Gasteiger partial charge in [-0.3, -0.25) is 9.36 Å². The van der Waals surface area contributed by atoms with Gasteiger partial charge in [-0.05, 0) is 50.2 Å². The van der Waals surface area contributed by atoms with Gasteiger partial charge < -0.3 is 9.88 Å². The number of amides is 1. The van der Waals surface area contributed by atoms with Gasteiger partial charge in [0, 0.05) is 39.7 Å². The van der Waals surface area contributed by atoms with E-state index in [0.717, 1.165) is 23.3 Å². The van der Waals surface area contributed by atoms with Crippen molar-refractivity contribution in [2.24, 2.45) is 0 Å². The van der Waals surface area contributed by atoms with Gasteiger partial charge in [-0.2, -0.15) is 0 Å². The first-order chi connectivity index (χ1) is 15.7. The summed E-state index contributed by atoms with van der Waals surface area (Å²) in [5.74, 6) is -0.0730. The summed E-state index contributed by atoms with van der Waals surface area (Å²) in [4.78, 5) is 13.0. The van der Waals surface area contributed by atoms with Crippen LogP contribution in [0.15, 0.2) is 84.3 Å². The number of benzene rings is 3. The second-order valence-corrected chi connectivity index (χ2v) is 8.87. The van der Waals surface area contributed by atoms with Crippen molar-refractivity contribution in [1.82, 2.24) is 19.3 Å². The summed E-state index contributed by atoms with van der Waals surface area (Å²) < 4.78 is 4.19. The fourth-order valence-corrected chi connectivity index (χ4v) is 4.84. The highest BCUT2D eigenvalue weighted by Crippen LogP contribution is 2.31. The molecule has 0 fully saturated rings. The van der Waals surface area contributed by atoms with Gasteiger partial charge in [0.25, 0.3) is 0 Å². The van der Waals surface area contributed by atoms with Crippen LogP contribution < -0.4 is 5.32 Å². The van der Waals surface area contributed by atoms with Crippen LogP contribution in [0.5, 0.6) is 0 Å². The van der Waals surface area contributed by atoms with E-state index in [0.29, 0.717) is 5.16 Å². The monoisotopic (exact) mass is 441 g/mol. The van der Waals surface area contributed by atoms with Gasteiger partial charge in [-0.15, -0.1) is 10.2 Å². The second-order valence-electron chi connectivity index (χ2n) is 7.56. The Morgan fingerprint density at radius 3 is 2.56 bits per heavy atom. The molecule has 3 aromatic carbocycles. The largest absolute Gasteiger partial charge is 0.341 e. The zero-order valence-corrected chi connectivity index (χ0v) is 18.7. The quantitative estimate of drug-likeness (QED) is 0.353. The Bertz CT molecular complexity index is 1410. The van der Waals surface area contributed by atoms with Crippen LogP contribution in [0.2, 0.25) is 0 Å². The van der Waals surface area contributed by atoms with E-state index in [-0.39, 0.29) is 11.2 Å². The minimum Gasteiger partial charge on any atom is -0.341 e. The number of nitrogens with one attached hydrogen (secondary N) is 1. The van der Waals surface area contributed by atoms with Crippen LogP contribution in [0.4, 0.5) is 5.69 Å². The number of hydrogen-bond donors (Lipinski definition) is 1. The van der Waals surface area contributed by atoms with E-state index in [1.807, 2.05) is 47.9 Å². The molecule has 1 unspecified atom stereocenters. The fraction of sp³-hybridized carbons (Fsp3) is 0.160. The molecule has 1 amide bonds. The van der Waals surface area contributed by atoms with Gasteiger partial charge in [0.15, 0.2) is 5.16 Å². The number of hydrogen-bond acceptors (Lipinski definition) is 4. The molecule has 0 saturated heterocycles. The Labute approximate surface area is 190 Å². The third kappa shape index (κ3) is 3.65. The normalized spacial score (nSPS) is 12.3. The molecule has 1 atom stereocenters. The third-order valence-corrected chi connectivity index (χ3v) is 6.62. The van der Waals surface area contributed by atoms with Gasteiger partial charge >= 0.3 is 0 Å². The van der Waals surface area contributed by atoms with Crippen molar-refractivity contribution in [2.75, 3.05) is 5.32 Å². The van der Waals surface area contributed by atoms with Gasteiger partial charge in [-0.25, -0.2) is 0 Å². The van der Waals surface area contributed by atoms with Crippen LogP contribution >= 0.6 is 11.8 Å². The highest BCUT2D eigenvalue weighted by Gasteiger charge is 2.19. The molecule has 0 aliphatic rings. The minimum atomic E-state index is -0.339. The Morgan fingerprint density at radius 2 is 1.75 bits per heavy atom. The molecule has 5 aromatic rings. The summed E-state index contributed by atoms with van der Waals surface area (Å²) in [7, 11) is 0. The average Bonchev–Trinajstić information content (AvgIpc) is 3.41. The number of nitrogens with zero attached hydrogens (tertiary/aromatic N) is 4. The molecule has 7 heteroatoms. The van der Waals surface area contributed by atoms with Crippen LogP contribution in [0, 0.1) is 0 Å². The lowest BCUT2D eigenvalue weighted by Gasteiger charge is -2.13. The number of fused-ring (bicyclic) bond motifs is 3. The molecule has 6 nitrogen and oxygen atoms in total. The van der Waals surface area contributed by atoms with Crippen LogP contribution in [-0.4, -0.2) is 30.5 Å². The summed E-state index contributed by atoms with van der Waals surface area (Å²) in [6.07, 6.45) is 1.67. The number of anilines is 1. The van der Waals surface area contributed by atoms with Crippen molar-refractivity contribution in [3.8, 4) is 5.69 Å². The van der Waals surface area contributed by atoms with Gasteiger partial charge in [0.2, 0.25) is 5.91 Å². The molecule has 32 heavy (non-hydrogen) atoms. The molecule has 0 aliphatic carbocycles. The maximum absolute atomic E-state index is 13.0. The molecule has 2 aromatic heterocycles. The van der Waals surface area contributed by atoms with E-state index in [4.69, 9.17) is 0 Å². The lowest BCUT2D eigenvalue weighted by atomic mass is 10.1. The molecule has 0 bridgehead atoms. The number of thioether (sulfide) groups is 1. The second kappa shape index (κ2) is 8.51. The predicted molar refractivity (Wildman–Crippen MR) is 130 cm³/mol. The smallest absolute Gasteiger partial charge is 0.237 e. The highest BCUT2D eigenvalue weighted by molar-refractivity contribution is 8.00. The van der Waals surface area contributed by atoms with Crippen LogP contribution in [0.25, 0.3) is 27.5 Å². The van der Waals surface area contributed by atoms with E-state index >= 15 is 0 Å². The Balaban J connectivity index is 1.37. The number of carbonyl (C=O) groups excluding carboxylic acids is 1. The van der Waals surface area contributed by atoms with E-state index in [1.165, 1.54) is 28.2 Å². The van der Waals surface area contributed by atoms with E-state index < -0.39 is 0 Å². The maximum atomic E-state index is 13.0. The summed E-state index contributed by atoms with van der Waals surface area (Å²) in [6.45, 7) is 4.92. The predicted octanol–water partition coefficient (Wildman–Crippen LogP) is 5.51. The first-order valence-electron chi connectivity index (χ1n) is 10.6. The molecule has 0 saturated carbocycles. The first-order valence-corrected chi connectivity index (χ1v) is 11.5. The van der Waals surface area contributed by atoms with E-state index in [2.05, 4.69) is 63.4 Å². The van der Waals surface area contributed by atoms with Crippen molar-refractivity contribution in [1.29, 1.82) is 0 Å². The summed E-state index contributed by atoms with van der Waals surface area (Å²) in [5, 5.41) is 14.0. The fourth-order valence-electron chi connectivity index (χ4n) is 4.00. The number of aromatic nitrogens is 4. The zero-order chi connectivity index (χ0) is 22.1. The third-order valence-electron chi connectivity index (χ3n) is 5.56. The molecule has 1 N–H and O–H groups in total. The zero-order valence-electron chi connectivity index (χ0n) is 17.9. The average molecular weight is 442 g/mol. The van der Waals surface area contributed by atoms with Crippen molar-refractivity contribution in [2.45, 2.75) is 30.8 Å². The molecule has 0 aliphatic heterocycles. The number of aryl methyl sites for hydroxylation is 1. The lowest BCUT2D eigenvalue weighted by Crippen LogP contribution is -2.22. The molecule has 0 radical (unpaired) electrons. The number of para-hydroxylation sites is 2. The van der Waals surface area contributed by atoms with Crippen molar-refractivity contribution in [3.05, 3.63) is 79.1 Å². The van der Waals surface area contributed by atoms with Gasteiger partial charge in [-0.1, -0.05) is 48.2 Å². The highest BCUT2D eigenvalue weighted by atomic mass is 32.2. The lowest BCUT2D eigenvalue weighted by molar-refractivity contribution is -0.115. The molecule has 160 valence electrons. The van der Waals surface area contributed by atoms with E-state index in [9.17, 15) is 4.79 Å². The Morgan fingerprint density at radius 1 is 1.00 bits per heavy atom. The molecular weight excluding hydrogens is 418 g/mol. The molecule has 2 heterocycles. The maximum Gasteiger partial charge on any atom is 0.237 e. The van der Waals surface area contributed by atoms with Crippen LogP contribution in [-0.2, 0) is 11.3 Å². The van der Waals surface area contributed by atoms with Crippen molar-refractivity contribution in [3.63, 3.8) is 0 Å². The molecule has 0 spiro atoms. The van der Waals surface area contributed by atoms with Crippen LogP contribution in [0.1, 0.15) is 13.8 Å². The first kappa shape index (κ1) is 20.3. The van der Waals surface area contributed by atoms with E-state index in [1.54, 1.807) is 6.33 Å². The van der Waals surface area contributed by atoms with Gasteiger partial charge in [0.1, 0.15) is 6.33 Å². The molecule has 5 rings (SSSR count).